The number of methoxy groups -OCH3 is 1. The second-order valence-electron chi connectivity index (χ2n) is 3.52. The van der Waals surface area contributed by atoms with Crippen LogP contribution in [0.15, 0.2) is 24.3 Å². The molecular formula is C12H20N2O. The van der Waals surface area contributed by atoms with E-state index in [1.807, 2.05) is 12.1 Å². The van der Waals surface area contributed by atoms with E-state index in [1.54, 1.807) is 7.11 Å². The van der Waals surface area contributed by atoms with Crippen LogP contribution in [0.4, 0.5) is 0 Å². The van der Waals surface area contributed by atoms with Crippen molar-refractivity contribution < 1.29 is 4.74 Å². The number of hydrogen-bond acceptors (Lipinski definition) is 3. The molecule has 0 aliphatic heterocycles. The highest BCUT2D eigenvalue weighted by Crippen LogP contribution is 2.10. The number of ether oxygens (including phenoxy) is 1. The summed E-state index contributed by atoms with van der Waals surface area (Å²) < 4.78 is 5.09. The number of benzene rings is 1. The Kier molecular flexibility index (Phi) is 5.81. The molecule has 0 aliphatic rings. The van der Waals surface area contributed by atoms with Crippen molar-refractivity contribution in [1.29, 1.82) is 0 Å². The highest BCUT2D eigenvalue weighted by Gasteiger charge is 1.93. The maximum absolute atomic E-state index is 5.41. The third-order valence-electron chi connectivity index (χ3n) is 2.30. The first-order valence-electron chi connectivity index (χ1n) is 5.40. The van der Waals surface area contributed by atoms with Crippen molar-refractivity contribution in [2.24, 2.45) is 5.73 Å². The summed E-state index contributed by atoms with van der Waals surface area (Å²) >= 11 is 0. The largest absolute Gasteiger partial charge is 0.497 e. The number of nitrogens with two attached hydrogens (primary N) is 1. The summed E-state index contributed by atoms with van der Waals surface area (Å²) in [6, 6.07) is 8.12. The Morgan fingerprint density at radius 2 is 1.93 bits per heavy atom. The summed E-state index contributed by atoms with van der Waals surface area (Å²) in [4.78, 5) is 0. The zero-order valence-corrected chi connectivity index (χ0v) is 9.33. The molecule has 0 bridgehead atoms. The minimum atomic E-state index is 0.782. The van der Waals surface area contributed by atoms with Crippen LogP contribution in [0.2, 0.25) is 0 Å². The highest BCUT2D eigenvalue weighted by atomic mass is 16.5. The first-order chi connectivity index (χ1) is 7.36. The van der Waals surface area contributed by atoms with Crippen molar-refractivity contribution in [3.8, 4) is 5.75 Å². The van der Waals surface area contributed by atoms with Crippen molar-refractivity contribution in [1.82, 2.24) is 5.32 Å². The smallest absolute Gasteiger partial charge is 0.118 e. The van der Waals surface area contributed by atoms with Gasteiger partial charge in [0.2, 0.25) is 0 Å². The van der Waals surface area contributed by atoms with Gasteiger partial charge in [-0.2, -0.15) is 0 Å². The van der Waals surface area contributed by atoms with Crippen LogP contribution in [0.3, 0.4) is 0 Å². The van der Waals surface area contributed by atoms with Crippen LogP contribution in [-0.2, 0) is 6.54 Å². The molecule has 0 spiro atoms. The lowest BCUT2D eigenvalue weighted by Crippen LogP contribution is -2.15. The maximum Gasteiger partial charge on any atom is 0.118 e. The van der Waals surface area contributed by atoms with Gasteiger partial charge < -0.3 is 15.8 Å². The van der Waals surface area contributed by atoms with E-state index in [2.05, 4.69) is 17.4 Å². The zero-order valence-electron chi connectivity index (χ0n) is 9.33. The van der Waals surface area contributed by atoms with Gasteiger partial charge in [0.1, 0.15) is 5.75 Å². The van der Waals surface area contributed by atoms with E-state index < -0.39 is 0 Å². The Morgan fingerprint density at radius 3 is 2.53 bits per heavy atom. The van der Waals surface area contributed by atoms with Gasteiger partial charge in [-0.05, 0) is 43.6 Å². The second-order valence-corrected chi connectivity index (χ2v) is 3.52. The lowest BCUT2D eigenvalue weighted by atomic mass is 10.2. The molecular weight excluding hydrogens is 188 g/mol. The van der Waals surface area contributed by atoms with Crippen LogP contribution >= 0.6 is 0 Å². The molecule has 0 fully saturated rings. The fourth-order valence-electron chi connectivity index (χ4n) is 1.37. The van der Waals surface area contributed by atoms with Gasteiger partial charge in [-0.15, -0.1) is 0 Å². The van der Waals surface area contributed by atoms with Gasteiger partial charge in [0.15, 0.2) is 0 Å². The molecule has 15 heavy (non-hydrogen) atoms. The van der Waals surface area contributed by atoms with Crippen LogP contribution < -0.4 is 15.8 Å². The number of hydrogen-bond donors (Lipinski definition) is 2. The molecule has 84 valence electrons. The molecule has 0 amide bonds. The van der Waals surface area contributed by atoms with E-state index >= 15 is 0 Å². The van der Waals surface area contributed by atoms with E-state index in [0.29, 0.717) is 0 Å². The molecule has 1 aromatic carbocycles. The highest BCUT2D eigenvalue weighted by molar-refractivity contribution is 5.26. The number of rotatable bonds is 7. The molecule has 0 saturated carbocycles. The van der Waals surface area contributed by atoms with Crippen LogP contribution in [0.1, 0.15) is 18.4 Å². The molecule has 1 rings (SSSR count). The van der Waals surface area contributed by atoms with Gasteiger partial charge in [0.05, 0.1) is 7.11 Å². The minimum Gasteiger partial charge on any atom is -0.497 e. The first-order valence-corrected chi connectivity index (χ1v) is 5.40. The summed E-state index contributed by atoms with van der Waals surface area (Å²) in [6.45, 7) is 2.72. The van der Waals surface area contributed by atoms with Gasteiger partial charge in [0, 0.05) is 6.54 Å². The average molecular weight is 208 g/mol. The Bertz CT molecular complexity index is 259. The maximum atomic E-state index is 5.41. The monoisotopic (exact) mass is 208 g/mol. The van der Waals surface area contributed by atoms with E-state index in [9.17, 15) is 0 Å². The van der Waals surface area contributed by atoms with Crippen LogP contribution in [-0.4, -0.2) is 20.2 Å². The normalized spacial score (nSPS) is 10.3. The van der Waals surface area contributed by atoms with Gasteiger partial charge in [-0.3, -0.25) is 0 Å². The molecule has 3 N–H and O–H groups in total. The predicted molar refractivity (Wildman–Crippen MR) is 63.0 cm³/mol. The van der Waals surface area contributed by atoms with Crippen molar-refractivity contribution in [2.45, 2.75) is 19.4 Å². The summed E-state index contributed by atoms with van der Waals surface area (Å²) in [6.07, 6.45) is 2.24. The molecule has 0 radical (unpaired) electrons. The standard InChI is InChI=1S/C12H20N2O/c1-15-12-6-4-11(5-7-12)10-14-9-3-2-8-13/h4-7,14H,2-3,8-10,13H2,1H3. The molecule has 0 aromatic heterocycles. The van der Waals surface area contributed by atoms with E-state index in [1.165, 1.54) is 5.56 Å². The Hall–Kier alpha value is -1.06. The fraction of sp³-hybridized carbons (Fsp3) is 0.500. The number of unbranched alkanes of at least 4 members (excludes halogenated alkanes) is 1. The third-order valence-corrected chi connectivity index (χ3v) is 2.30. The molecule has 0 atom stereocenters. The molecule has 3 heteroatoms. The van der Waals surface area contributed by atoms with Crippen LogP contribution in [0.25, 0.3) is 0 Å². The van der Waals surface area contributed by atoms with Gasteiger partial charge in [-0.1, -0.05) is 12.1 Å². The lowest BCUT2D eigenvalue weighted by molar-refractivity contribution is 0.414. The number of nitrogens with one attached hydrogen (secondary N) is 1. The summed E-state index contributed by atoms with van der Waals surface area (Å²) in [5.41, 5.74) is 6.69. The molecule has 0 aliphatic carbocycles. The Labute approximate surface area is 91.6 Å². The van der Waals surface area contributed by atoms with Gasteiger partial charge in [-0.25, -0.2) is 0 Å². The minimum absolute atomic E-state index is 0.782. The quantitative estimate of drug-likeness (QED) is 0.668. The average Bonchev–Trinajstić information content (AvgIpc) is 2.30. The third kappa shape index (κ3) is 4.81. The predicted octanol–water partition coefficient (Wildman–Crippen LogP) is 1.52. The van der Waals surface area contributed by atoms with Gasteiger partial charge in [0.25, 0.3) is 0 Å². The van der Waals surface area contributed by atoms with Crippen molar-refractivity contribution in [3.05, 3.63) is 29.8 Å². The molecule has 0 unspecified atom stereocenters. The van der Waals surface area contributed by atoms with Crippen molar-refractivity contribution in [3.63, 3.8) is 0 Å². The van der Waals surface area contributed by atoms with Crippen molar-refractivity contribution in [2.75, 3.05) is 20.2 Å². The molecule has 0 saturated heterocycles. The van der Waals surface area contributed by atoms with E-state index in [0.717, 1.165) is 38.2 Å². The molecule has 0 heterocycles. The van der Waals surface area contributed by atoms with Gasteiger partial charge >= 0.3 is 0 Å². The van der Waals surface area contributed by atoms with E-state index in [-0.39, 0.29) is 0 Å². The van der Waals surface area contributed by atoms with Crippen LogP contribution in [0.5, 0.6) is 5.75 Å². The van der Waals surface area contributed by atoms with Crippen molar-refractivity contribution >= 4 is 0 Å². The topological polar surface area (TPSA) is 47.3 Å². The van der Waals surface area contributed by atoms with Crippen LogP contribution in [0, 0.1) is 0 Å². The Balaban J connectivity index is 2.20. The fourth-order valence-corrected chi connectivity index (χ4v) is 1.37. The van der Waals surface area contributed by atoms with E-state index in [4.69, 9.17) is 10.5 Å². The summed E-state index contributed by atoms with van der Waals surface area (Å²) in [5, 5.41) is 3.38. The zero-order chi connectivity index (χ0) is 10.9. The summed E-state index contributed by atoms with van der Waals surface area (Å²) in [7, 11) is 1.68. The Morgan fingerprint density at radius 1 is 1.20 bits per heavy atom. The second kappa shape index (κ2) is 7.26. The molecule has 3 nitrogen and oxygen atoms in total. The summed E-state index contributed by atoms with van der Waals surface area (Å²) in [5.74, 6) is 0.905. The molecule has 1 aromatic rings. The SMILES string of the molecule is COc1ccc(CNCCCCN)cc1. The lowest BCUT2D eigenvalue weighted by Gasteiger charge is -2.05. The first kappa shape index (κ1) is 12.0.